The molecule has 1 N–H and O–H groups in total. The number of amides is 3. The lowest BCUT2D eigenvalue weighted by atomic mass is 10.0. The summed E-state index contributed by atoms with van der Waals surface area (Å²) in [6.45, 7) is 3.26. The fourth-order valence-electron chi connectivity index (χ4n) is 4.07. The van der Waals surface area contributed by atoms with E-state index in [2.05, 4.69) is 10.2 Å². The third-order valence-corrected chi connectivity index (χ3v) is 5.49. The summed E-state index contributed by atoms with van der Waals surface area (Å²) in [5, 5.41) is 2.73. The van der Waals surface area contributed by atoms with E-state index < -0.39 is 0 Å². The van der Waals surface area contributed by atoms with Crippen LogP contribution in [0.2, 0.25) is 0 Å². The fraction of sp³-hybridized carbons (Fsp3) is 0.292. The molecule has 0 radical (unpaired) electrons. The summed E-state index contributed by atoms with van der Waals surface area (Å²) in [7, 11) is 0. The Morgan fingerprint density at radius 2 is 1.57 bits per heavy atom. The minimum atomic E-state index is -0.267. The van der Waals surface area contributed by atoms with Crippen molar-refractivity contribution in [3.8, 4) is 0 Å². The van der Waals surface area contributed by atoms with E-state index >= 15 is 0 Å². The van der Waals surface area contributed by atoms with Crippen molar-refractivity contribution < 1.29 is 14.4 Å². The molecule has 0 bridgehead atoms. The van der Waals surface area contributed by atoms with Gasteiger partial charge in [0.1, 0.15) is 5.70 Å². The lowest BCUT2D eigenvalue weighted by Gasteiger charge is -2.29. The number of imide groups is 1. The van der Waals surface area contributed by atoms with Crippen molar-refractivity contribution in [1.29, 1.82) is 0 Å². The molecule has 0 aliphatic carbocycles. The maximum Gasteiger partial charge on any atom is 0.278 e. The molecule has 6 heteroatoms. The van der Waals surface area contributed by atoms with Gasteiger partial charge in [-0.3, -0.25) is 19.3 Å². The molecule has 1 fully saturated rings. The molecule has 154 valence electrons. The van der Waals surface area contributed by atoms with Crippen LogP contribution in [0.25, 0.3) is 5.57 Å². The number of nitrogens with zero attached hydrogens (tertiary/aromatic N) is 2. The normalized spacial score (nSPS) is 17.0. The van der Waals surface area contributed by atoms with E-state index in [4.69, 9.17) is 0 Å². The van der Waals surface area contributed by atoms with Crippen LogP contribution in [0.5, 0.6) is 0 Å². The molecule has 4 rings (SSSR count). The number of likely N-dealkylation sites (tertiary alicyclic amines) is 1. The highest BCUT2D eigenvalue weighted by Gasteiger charge is 2.41. The first-order chi connectivity index (χ1) is 14.5. The lowest BCUT2D eigenvalue weighted by Crippen LogP contribution is -2.36. The Balaban J connectivity index is 1.70. The Kier molecular flexibility index (Phi) is 5.65. The molecule has 2 aromatic rings. The number of piperidine rings is 1. The molecule has 0 aromatic heterocycles. The third kappa shape index (κ3) is 3.99. The minimum absolute atomic E-state index is 0.155. The Labute approximate surface area is 176 Å². The van der Waals surface area contributed by atoms with Gasteiger partial charge in [0.15, 0.2) is 0 Å². The van der Waals surface area contributed by atoms with E-state index in [0.29, 0.717) is 22.5 Å². The Bertz CT molecular complexity index is 990. The van der Waals surface area contributed by atoms with Crippen LogP contribution in [0, 0.1) is 0 Å². The van der Waals surface area contributed by atoms with Crippen molar-refractivity contribution >= 4 is 29.0 Å². The van der Waals surface area contributed by atoms with Gasteiger partial charge in [-0.1, -0.05) is 42.5 Å². The number of carbonyl (C=O) groups excluding carboxylic acids is 3. The minimum Gasteiger partial charge on any atom is -0.366 e. The first-order valence-electron chi connectivity index (χ1n) is 10.3. The molecule has 0 unspecified atom stereocenters. The van der Waals surface area contributed by atoms with Gasteiger partial charge >= 0.3 is 0 Å². The first kappa shape index (κ1) is 19.9. The van der Waals surface area contributed by atoms with Crippen LogP contribution in [-0.4, -0.2) is 40.6 Å². The predicted molar refractivity (Wildman–Crippen MR) is 115 cm³/mol. The van der Waals surface area contributed by atoms with Gasteiger partial charge in [0.05, 0.1) is 12.1 Å². The molecule has 3 amide bonds. The monoisotopic (exact) mass is 403 g/mol. The van der Waals surface area contributed by atoms with Crippen LogP contribution >= 0.6 is 0 Å². The molecule has 6 nitrogen and oxygen atoms in total. The zero-order chi connectivity index (χ0) is 21.1. The van der Waals surface area contributed by atoms with E-state index in [0.717, 1.165) is 37.9 Å². The third-order valence-electron chi connectivity index (χ3n) is 5.49. The van der Waals surface area contributed by atoms with Crippen LogP contribution in [-0.2, 0) is 20.9 Å². The Hall–Kier alpha value is -3.41. The van der Waals surface area contributed by atoms with Gasteiger partial charge in [0, 0.05) is 25.7 Å². The van der Waals surface area contributed by atoms with Crippen LogP contribution in [0.1, 0.15) is 37.3 Å². The Morgan fingerprint density at radius 3 is 2.20 bits per heavy atom. The molecule has 0 saturated carbocycles. The second-order valence-corrected chi connectivity index (χ2v) is 7.71. The SMILES string of the molecule is CC(=O)Nc1ccc(C2=C(N3CCCCC3)C(=O)N(Cc3ccccc3)C2=O)cc1. The first-order valence-corrected chi connectivity index (χ1v) is 10.3. The largest absolute Gasteiger partial charge is 0.366 e. The van der Waals surface area contributed by atoms with Crippen LogP contribution < -0.4 is 5.32 Å². The quantitative estimate of drug-likeness (QED) is 0.777. The van der Waals surface area contributed by atoms with Crippen LogP contribution in [0.3, 0.4) is 0 Å². The van der Waals surface area contributed by atoms with Crippen molar-refractivity contribution in [2.75, 3.05) is 18.4 Å². The van der Waals surface area contributed by atoms with Gasteiger partial charge in [0.2, 0.25) is 5.91 Å². The highest BCUT2D eigenvalue weighted by atomic mass is 16.2. The van der Waals surface area contributed by atoms with Crippen molar-refractivity contribution in [1.82, 2.24) is 9.80 Å². The summed E-state index contributed by atoms with van der Waals surface area (Å²) in [5.74, 6) is -0.652. The van der Waals surface area contributed by atoms with Crippen molar-refractivity contribution in [3.05, 3.63) is 71.4 Å². The molecular weight excluding hydrogens is 378 g/mol. The number of hydrogen-bond donors (Lipinski definition) is 1. The van der Waals surface area contributed by atoms with Crippen LogP contribution in [0.15, 0.2) is 60.3 Å². The Morgan fingerprint density at radius 1 is 0.900 bits per heavy atom. The van der Waals surface area contributed by atoms with Gasteiger partial charge in [-0.25, -0.2) is 0 Å². The maximum atomic E-state index is 13.4. The van der Waals surface area contributed by atoms with E-state index in [1.807, 2.05) is 30.3 Å². The molecule has 2 heterocycles. The second kappa shape index (κ2) is 8.53. The molecule has 1 saturated heterocycles. The van der Waals surface area contributed by atoms with E-state index in [-0.39, 0.29) is 24.3 Å². The molecule has 0 spiro atoms. The number of nitrogens with one attached hydrogen (secondary N) is 1. The van der Waals surface area contributed by atoms with Crippen molar-refractivity contribution in [3.63, 3.8) is 0 Å². The van der Waals surface area contributed by atoms with Crippen LogP contribution in [0.4, 0.5) is 5.69 Å². The topological polar surface area (TPSA) is 69.7 Å². The van der Waals surface area contributed by atoms with Crippen molar-refractivity contribution in [2.24, 2.45) is 0 Å². The van der Waals surface area contributed by atoms with E-state index in [1.165, 1.54) is 11.8 Å². The number of anilines is 1. The fourth-order valence-corrected chi connectivity index (χ4v) is 4.07. The van der Waals surface area contributed by atoms with Gasteiger partial charge < -0.3 is 10.2 Å². The maximum absolute atomic E-state index is 13.4. The molecule has 2 aromatic carbocycles. The number of hydrogen-bond acceptors (Lipinski definition) is 4. The van der Waals surface area contributed by atoms with Gasteiger partial charge in [-0.15, -0.1) is 0 Å². The molecular formula is C24H25N3O3. The van der Waals surface area contributed by atoms with E-state index in [1.54, 1.807) is 24.3 Å². The van der Waals surface area contributed by atoms with Gasteiger partial charge in [-0.05, 0) is 42.5 Å². The second-order valence-electron chi connectivity index (χ2n) is 7.71. The average Bonchev–Trinajstić information content (AvgIpc) is 3.00. The van der Waals surface area contributed by atoms with Gasteiger partial charge in [-0.2, -0.15) is 0 Å². The van der Waals surface area contributed by atoms with E-state index in [9.17, 15) is 14.4 Å². The molecule has 2 aliphatic heterocycles. The summed E-state index contributed by atoms with van der Waals surface area (Å²) in [6, 6.07) is 16.7. The molecule has 2 aliphatic rings. The highest BCUT2D eigenvalue weighted by Crippen LogP contribution is 2.34. The smallest absolute Gasteiger partial charge is 0.278 e. The van der Waals surface area contributed by atoms with Crippen molar-refractivity contribution in [2.45, 2.75) is 32.7 Å². The zero-order valence-electron chi connectivity index (χ0n) is 17.1. The highest BCUT2D eigenvalue weighted by molar-refractivity contribution is 6.35. The number of benzene rings is 2. The predicted octanol–water partition coefficient (Wildman–Crippen LogP) is 3.41. The van der Waals surface area contributed by atoms with Gasteiger partial charge in [0.25, 0.3) is 11.8 Å². The zero-order valence-corrected chi connectivity index (χ0v) is 17.1. The summed E-state index contributed by atoms with van der Waals surface area (Å²) in [4.78, 5) is 41.4. The average molecular weight is 403 g/mol. The molecule has 0 atom stereocenters. The standard InChI is InChI=1S/C24H25N3O3/c1-17(28)25-20-12-10-19(11-13-20)21-22(26-14-6-3-7-15-26)24(30)27(23(21)29)16-18-8-4-2-5-9-18/h2,4-5,8-13H,3,6-7,14-16H2,1H3,(H,25,28). The summed E-state index contributed by atoms with van der Waals surface area (Å²) in [6.07, 6.45) is 3.16. The summed E-state index contributed by atoms with van der Waals surface area (Å²) < 4.78 is 0. The summed E-state index contributed by atoms with van der Waals surface area (Å²) >= 11 is 0. The number of carbonyl (C=O) groups is 3. The molecule has 30 heavy (non-hydrogen) atoms. The summed E-state index contributed by atoms with van der Waals surface area (Å²) in [5.41, 5.74) is 3.22. The lowest BCUT2D eigenvalue weighted by molar-refractivity contribution is -0.138. The number of rotatable bonds is 5.